The molecule has 14 heavy (non-hydrogen) atoms. The molecule has 0 saturated carbocycles. The van der Waals surface area contributed by atoms with Gasteiger partial charge in [-0.1, -0.05) is 30.3 Å². The number of carbonyl (C=O) groups is 1. The highest BCUT2D eigenvalue weighted by Crippen LogP contribution is 2.22. The number of quaternary nitrogens is 1. The third-order valence-corrected chi connectivity index (χ3v) is 2.12. The molecule has 1 aromatic carbocycles. The maximum absolute atomic E-state index is 11.1. The van der Waals surface area contributed by atoms with Crippen molar-refractivity contribution >= 4 is 5.97 Å². The molecular formula is C11H16NO2+. The fourth-order valence-corrected chi connectivity index (χ4v) is 1.56. The normalized spacial score (nSPS) is 13.6. The van der Waals surface area contributed by atoms with Crippen molar-refractivity contribution in [3.05, 3.63) is 35.9 Å². The second-order valence-electron chi connectivity index (χ2n) is 4.27. The van der Waals surface area contributed by atoms with Crippen LogP contribution >= 0.6 is 0 Å². The van der Waals surface area contributed by atoms with Gasteiger partial charge in [-0.3, -0.25) is 0 Å². The van der Waals surface area contributed by atoms with Crippen LogP contribution in [0.5, 0.6) is 0 Å². The lowest BCUT2D eigenvalue weighted by Gasteiger charge is -2.31. The summed E-state index contributed by atoms with van der Waals surface area (Å²) in [5, 5.41) is 9.15. The maximum Gasteiger partial charge on any atom is 0.367 e. The monoisotopic (exact) mass is 194 g/mol. The maximum atomic E-state index is 11.1. The molecule has 3 nitrogen and oxygen atoms in total. The Kier molecular flexibility index (Phi) is 2.91. The van der Waals surface area contributed by atoms with Crippen molar-refractivity contribution < 1.29 is 14.4 Å². The average molecular weight is 194 g/mol. The lowest BCUT2D eigenvalue weighted by Crippen LogP contribution is -2.43. The lowest BCUT2D eigenvalue weighted by molar-refractivity contribution is -0.893. The van der Waals surface area contributed by atoms with E-state index in [4.69, 9.17) is 5.11 Å². The van der Waals surface area contributed by atoms with E-state index in [1.807, 2.05) is 51.5 Å². The molecule has 1 aromatic rings. The van der Waals surface area contributed by atoms with Gasteiger partial charge in [0.05, 0.1) is 21.1 Å². The Morgan fingerprint density at radius 2 is 1.71 bits per heavy atom. The van der Waals surface area contributed by atoms with Gasteiger partial charge in [0.15, 0.2) is 0 Å². The Morgan fingerprint density at radius 3 is 2.07 bits per heavy atom. The molecule has 0 aliphatic rings. The minimum absolute atomic E-state index is 0.388. The standard InChI is InChI=1S/C11H15NO2/c1-12(2,3)10(11(13)14)9-7-5-4-6-8-9/h4-8,10H,1-3H3/p+1. The summed E-state index contributed by atoms with van der Waals surface area (Å²) in [7, 11) is 5.64. The van der Waals surface area contributed by atoms with Gasteiger partial charge in [-0.25, -0.2) is 4.79 Å². The molecule has 1 atom stereocenters. The summed E-state index contributed by atoms with van der Waals surface area (Å²) in [5.41, 5.74) is 0.840. The molecule has 1 rings (SSSR count). The number of hydrogen-bond donors (Lipinski definition) is 1. The van der Waals surface area contributed by atoms with Gasteiger partial charge < -0.3 is 9.59 Å². The van der Waals surface area contributed by atoms with E-state index in [1.54, 1.807) is 0 Å². The molecule has 3 heteroatoms. The van der Waals surface area contributed by atoms with Gasteiger partial charge in [0.2, 0.25) is 6.04 Å². The number of nitrogens with zero attached hydrogens (tertiary/aromatic N) is 1. The average Bonchev–Trinajstić information content (AvgIpc) is 2.02. The Balaban J connectivity index is 3.08. The van der Waals surface area contributed by atoms with Crippen molar-refractivity contribution in [2.75, 3.05) is 21.1 Å². The Bertz CT molecular complexity index is 314. The molecule has 1 N–H and O–H groups in total. The van der Waals surface area contributed by atoms with Crippen molar-refractivity contribution in [3.8, 4) is 0 Å². The molecule has 0 amide bonds. The zero-order valence-electron chi connectivity index (χ0n) is 8.77. The molecule has 76 valence electrons. The van der Waals surface area contributed by atoms with E-state index < -0.39 is 12.0 Å². The van der Waals surface area contributed by atoms with Crippen LogP contribution in [0.25, 0.3) is 0 Å². The predicted octanol–water partition coefficient (Wildman–Crippen LogP) is 1.52. The molecular weight excluding hydrogens is 178 g/mol. The van der Waals surface area contributed by atoms with E-state index in [-0.39, 0.29) is 0 Å². The van der Waals surface area contributed by atoms with Crippen LogP contribution in [0.15, 0.2) is 30.3 Å². The smallest absolute Gasteiger partial charge is 0.367 e. The number of benzene rings is 1. The van der Waals surface area contributed by atoms with Crippen LogP contribution < -0.4 is 0 Å². The van der Waals surface area contributed by atoms with Gasteiger partial charge in [0.25, 0.3) is 0 Å². The highest BCUT2D eigenvalue weighted by molar-refractivity contribution is 5.74. The Hall–Kier alpha value is -1.35. The van der Waals surface area contributed by atoms with Gasteiger partial charge in [0, 0.05) is 5.56 Å². The van der Waals surface area contributed by atoms with Gasteiger partial charge in [0.1, 0.15) is 0 Å². The quantitative estimate of drug-likeness (QED) is 0.741. The zero-order valence-corrected chi connectivity index (χ0v) is 8.77. The molecule has 1 unspecified atom stereocenters. The Labute approximate surface area is 84.2 Å². The fraction of sp³-hybridized carbons (Fsp3) is 0.364. The van der Waals surface area contributed by atoms with Gasteiger partial charge in [-0.15, -0.1) is 0 Å². The molecule has 0 fully saturated rings. The molecule has 0 aliphatic carbocycles. The summed E-state index contributed by atoms with van der Waals surface area (Å²) in [6, 6.07) is 8.81. The largest absolute Gasteiger partial charge is 0.477 e. The SMILES string of the molecule is C[N+](C)(C)C(C(=O)O)c1ccccc1. The molecule has 0 radical (unpaired) electrons. The fourth-order valence-electron chi connectivity index (χ4n) is 1.56. The third kappa shape index (κ3) is 2.33. The van der Waals surface area contributed by atoms with E-state index in [0.717, 1.165) is 5.56 Å². The summed E-state index contributed by atoms with van der Waals surface area (Å²) in [5.74, 6) is -0.788. The van der Waals surface area contributed by atoms with E-state index in [9.17, 15) is 4.79 Å². The third-order valence-electron chi connectivity index (χ3n) is 2.12. The van der Waals surface area contributed by atoms with E-state index in [0.29, 0.717) is 4.48 Å². The van der Waals surface area contributed by atoms with Crippen LogP contribution in [0, 0.1) is 0 Å². The molecule has 0 aliphatic heterocycles. The summed E-state index contributed by atoms with van der Waals surface area (Å²) < 4.78 is 0.388. The van der Waals surface area contributed by atoms with Crippen molar-refractivity contribution in [3.63, 3.8) is 0 Å². The first-order valence-electron chi connectivity index (χ1n) is 4.52. The second kappa shape index (κ2) is 3.80. The summed E-state index contributed by atoms with van der Waals surface area (Å²) in [6.45, 7) is 0. The number of hydrogen-bond acceptors (Lipinski definition) is 1. The number of carboxylic acids is 1. The number of aliphatic carboxylic acids is 1. The number of rotatable bonds is 3. The predicted molar refractivity (Wildman–Crippen MR) is 54.9 cm³/mol. The van der Waals surface area contributed by atoms with E-state index in [1.165, 1.54) is 0 Å². The van der Waals surface area contributed by atoms with Gasteiger partial charge in [-0.2, -0.15) is 0 Å². The highest BCUT2D eigenvalue weighted by atomic mass is 16.4. The summed E-state index contributed by atoms with van der Waals surface area (Å²) >= 11 is 0. The van der Waals surface area contributed by atoms with Crippen LogP contribution in [0.2, 0.25) is 0 Å². The first-order chi connectivity index (χ1) is 6.43. The first kappa shape index (κ1) is 10.7. The lowest BCUT2D eigenvalue weighted by atomic mass is 10.1. The van der Waals surface area contributed by atoms with Crippen molar-refractivity contribution in [1.82, 2.24) is 0 Å². The number of carboxylic acid groups (broad SMARTS) is 1. The van der Waals surface area contributed by atoms with Crippen LogP contribution in [0.1, 0.15) is 11.6 Å². The molecule has 0 spiro atoms. The minimum Gasteiger partial charge on any atom is -0.477 e. The van der Waals surface area contributed by atoms with Crippen molar-refractivity contribution in [1.29, 1.82) is 0 Å². The van der Waals surface area contributed by atoms with Crippen LogP contribution in [-0.4, -0.2) is 36.7 Å². The Morgan fingerprint density at radius 1 is 1.21 bits per heavy atom. The first-order valence-corrected chi connectivity index (χ1v) is 4.52. The van der Waals surface area contributed by atoms with Gasteiger partial charge in [-0.05, 0) is 0 Å². The molecule has 0 aromatic heterocycles. The van der Waals surface area contributed by atoms with Crippen molar-refractivity contribution in [2.45, 2.75) is 6.04 Å². The second-order valence-corrected chi connectivity index (χ2v) is 4.27. The topological polar surface area (TPSA) is 37.3 Å². The van der Waals surface area contributed by atoms with Gasteiger partial charge >= 0.3 is 5.97 Å². The molecule has 0 heterocycles. The summed E-state index contributed by atoms with van der Waals surface area (Å²) in [4.78, 5) is 11.1. The van der Waals surface area contributed by atoms with Crippen LogP contribution in [-0.2, 0) is 4.79 Å². The van der Waals surface area contributed by atoms with E-state index in [2.05, 4.69) is 0 Å². The van der Waals surface area contributed by atoms with Crippen LogP contribution in [0.4, 0.5) is 0 Å². The van der Waals surface area contributed by atoms with Crippen LogP contribution in [0.3, 0.4) is 0 Å². The molecule has 0 bridgehead atoms. The summed E-state index contributed by atoms with van der Waals surface area (Å²) in [6.07, 6.45) is 0. The highest BCUT2D eigenvalue weighted by Gasteiger charge is 2.32. The zero-order chi connectivity index (χ0) is 10.8. The molecule has 0 saturated heterocycles. The minimum atomic E-state index is -0.788. The van der Waals surface area contributed by atoms with E-state index >= 15 is 0 Å². The van der Waals surface area contributed by atoms with Crippen molar-refractivity contribution in [2.24, 2.45) is 0 Å². The number of likely N-dealkylation sites (N-methyl/N-ethyl adjacent to an activating group) is 1.